The zero-order valence-electron chi connectivity index (χ0n) is 19.0. The van der Waals surface area contributed by atoms with Crippen LogP contribution in [0, 0.1) is 11.8 Å². The van der Waals surface area contributed by atoms with Crippen LogP contribution in [0.1, 0.15) is 31.2 Å². The highest BCUT2D eigenvalue weighted by atomic mass is 16.5. The summed E-state index contributed by atoms with van der Waals surface area (Å²) < 4.78 is 11.5. The number of β-amino-alcohol motifs (C(OH)–C–C–N with tert-alkyl or cyclic N) is 1. The number of hydrogen-bond acceptors (Lipinski definition) is 7. The van der Waals surface area contributed by atoms with Crippen molar-refractivity contribution in [2.75, 3.05) is 53.5 Å². The van der Waals surface area contributed by atoms with Crippen LogP contribution >= 0.6 is 0 Å². The maximum absolute atomic E-state index is 10.4. The summed E-state index contributed by atoms with van der Waals surface area (Å²) in [5.74, 6) is 2.78. The molecule has 1 aromatic rings. The normalized spacial score (nSPS) is 29.8. The number of benzene rings is 1. The Morgan fingerprint density at radius 1 is 1.13 bits per heavy atom. The molecule has 4 rings (SSSR count). The third-order valence-electron chi connectivity index (χ3n) is 7.36. The van der Waals surface area contributed by atoms with E-state index in [1.165, 1.54) is 18.4 Å². The number of piperazine rings is 1. The molecule has 0 bridgehead atoms. The van der Waals surface area contributed by atoms with Gasteiger partial charge in [0.15, 0.2) is 11.5 Å². The topological polar surface area (TPSA) is 77.4 Å². The lowest BCUT2D eigenvalue weighted by molar-refractivity contribution is 0.0632. The predicted octanol–water partition coefficient (Wildman–Crippen LogP) is 1.32. The Kier molecular flexibility index (Phi) is 7.72. The summed E-state index contributed by atoms with van der Waals surface area (Å²) >= 11 is 0. The third-order valence-corrected chi connectivity index (χ3v) is 7.36. The van der Waals surface area contributed by atoms with Crippen molar-refractivity contribution < 1.29 is 19.7 Å². The molecular formula is C24H39N3O4. The van der Waals surface area contributed by atoms with Crippen LogP contribution in [0.5, 0.6) is 11.5 Å². The molecule has 0 spiro atoms. The number of rotatable bonds is 9. The fourth-order valence-corrected chi connectivity index (χ4v) is 5.69. The van der Waals surface area contributed by atoms with Gasteiger partial charge in [-0.05, 0) is 62.3 Å². The van der Waals surface area contributed by atoms with Crippen LogP contribution in [-0.2, 0) is 6.54 Å². The molecule has 3 N–H and O–H groups in total. The molecule has 3 fully saturated rings. The Balaban J connectivity index is 1.27. The van der Waals surface area contributed by atoms with Crippen LogP contribution in [0.15, 0.2) is 18.2 Å². The van der Waals surface area contributed by atoms with Crippen LogP contribution < -0.4 is 14.8 Å². The molecule has 5 atom stereocenters. The number of aliphatic hydroxyl groups excluding tert-OH is 2. The van der Waals surface area contributed by atoms with E-state index in [0.717, 1.165) is 45.6 Å². The van der Waals surface area contributed by atoms with Crippen molar-refractivity contribution in [3.8, 4) is 11.5 Å². The van der Waals surface area contributed by atoms with E-state index in [-0.39, 0.29) is 12.7 Å². The van der Waals surface area contributed by atoms with Crippen molar-refractivity contribution in [3.05, 3.63) is 23.8 Å². The van der Waals surface area contributed by atoms with Gasteiger partial charge in [0.2, 0.25) is 0 Å². The summed E-state index contributed by atoms with van der Waals surface area (Å²) in [5.41, 5.74) is 1.20. The maximum atomic E-state index is 10.4. The van der Waals surface area contributed by atoms with Gasteiger partial charge in [0.1, 0.15) is 12.7 Å². The number of hydrogen-bond donors (Lipinski definition) is 3. The highest BCUT2D eigenvalue weighted by Crippen LogP contribution is 2.45. The number of methoxy groups -OCH3 is 1. The van der Waals surface area contributed by atoms with Gasteiger partial charge in [-0.3, -0.25) is 9.80 Å². The van der Waals surface area contributed by atoms with Crippen molar-refractivity contribution in [1.29, 1.82) is 0 Å². The van der Waals surface area contributed by atoms with E-state index in [1.807, 2.05) is 12.1 Å². The molecule has 2 saturated carbocycles. The lowest BCUT2D eigenvalue weighted by Gasteiger charge is -2.29. The zero-order valence-corrected chi connectivity index (χ0v) is 19.0. The predicted molar refractivity (Wildman–Crippen MR) is 121 cm³/mol. The van der Waals surface area contributed by atoms with Gasteiger partial charge in [-0.15, -0.1) is 0 Å². The van der Waals surface area contributed by atoms with Crippen LogP contribution in [-0.4, -0.2) is 91.8 Å². The summed E-state index contributed by atoms with van der Waals surface area (Å²) in [6.07, 6.45) is 3.76. The first-order valence-electron chi connectivity index (χ1n) is 11.8. The van der Waals surface area contributed by atoms with Gasteiger partial charge in [-0.1, -0.05) is 6.07 Å². The molecule has 0 radical (unpaired) electrons. The van der Waals surface area contributed by atoms with Gasteiger partial charge < -0.3 is 25.0 Å². The Morgan fingerprint density at radius 2 is 1.84 bits per heavy atom. The zero-order chi connectivity index (χ0) is 21.8. The van der Waals surface area contributed by atoms with Gasteiger partial charge in [0.25, 0.3) is 0 Å². The molecule has 174 valence electrons. The minimum absolute atomic E-state index is 0.0755. The molecule has 0 amide bonds. The van der Waals surface area contributed by atoms with Crippen LogP contribution in [0.2, 0.25) is 0 Å². The van der Waals surface area contributed by atoms with Gasteiger partial charge in [-0.2, -0.15) is 0 Å². The fourth-order valence-electron chi connectivity index (χ4n) is 5.69. The number of nitrogens with zero attached hydrogens (tertiary/aromatic N) is 2. The second kappa shape index (κ2) is 10.5. The van der Waals surface area contributed by atoms with Crippen molar-refractivity contribution in [1.82, 2.24) is 15.1 Å². The molecule has 7 nitrogen and oxygen atoms in total. The Bertz CT molecular complexity index is 698. The van der Waals surface area contributed by atoms with Crippen LogP contribution in [0.25, 0.3) is 0 Å². The number of ether oxygens (including phenoxy) is 2. The average Bonchev–Trinajstić information content (AvgIpc) is 3.31. The first-order valence-corrected chi connectivity index (χ1v) is 11.8. The van der Waals surface area contributed by atoms with E-state index in [2.05, 4.69) is 28.2 Å². The first kappa shape index (κ1) is 22.8. The Hall–Kier alpha value is -1.38. The van der Waals surface area contributed by atoms with E-state index < -0.39 is 6.10 Å². The molecule has 0 aromatic heterocycles. The molecule has 1 aliphatic heterocycles. The largest absolute Gasteiger partial charge is 0.493 e. The minimum atomic E-state index is -0.519. The first-order chi connectivity index (χ1) is 15.0. The van der Waals surface area contributed by atoms with Crippen molar-refractivity contribution in [2.45, 2.75) is 50.5 Å². The molecule has 1 saturated heterocycles. The van der Waals surface area contributed by atoms with Crippen molar-refractivity contribution in [2.24, 2.45) is 11.8 Å². The highest BCUT2D eigenvalue weighted by Gasteiger charge is 2.42. The second-order valence-corrected chi connectivity index (χ2v) is 9.69. The van der Waals surface area contributed by atoms with E-state index in [4.69, 9.17) is 9.47 Å². The van der Waals surface area contributed by atoms with Gasteiger partial charge in [0.05, 0.1) is 13.2 Å². The summed E-state index contributed by atoms with van der Waals surface area (Å²) in [5, 5.41) is 23.6. The van der Waals surface area contributed by atoms with E-state index in [0.29, 0.717) is 35.9 Å². The third kappa shape index (κ3) is 5.90. The number of nitrogens with one attached hydrogen (secondary N) is 1. The number of aliphatic hydroxyl groups is 2. The van der Waals surface area contributed by atoms with E-state index in [1.54, 1.807) is 7.11 Å². The summed E-state index contributed by atoms with van der Waals surface area (Å²) in [4.78, 5) is 4.70. The van der Waals surface area contributed by atoms with Gasteiger partial charge in [0, 0.05) is 45.3 Å². The average molecular weight is 434 g/mol. The smallest absolute Gasteiger partial charge is 0.161 e. The molecule has 31 heavy (non-hydrogen) atoms. The van der Waals surface area contributed by atoms with Gasteiger partial charge in [-0.25, -0.2) is 0 Å². The highest BCUT2D eigenvalue weighted by molar-refractivity contribution is 5.43. The monoisotopic (exact) mass is 433 g/mol. The molecule has 3 unspecified atom stereocenters. The summed E-state index contributed by atoms with van der Waals surface area (Å²) in [7, 11) is 3.86. The lowest BCUT2D eigenvalue weighted by Crippen LogP contribution is -2.47. The molecular weight excluding hydrogens is 394 g/mol. The quantitative estimate of drug-likeness (QED) is 0.542. The van der Waals surface area contributed by atoms with Crippen LogP contribution in [0.3, 0.4) is 0 Å². The fraction of sp³-hybridized carbons (Fsp3) is 0.750. The second-order valence-electron chi connectivity index (χ2n) is 9.69. The van der Waals surface area contributed by atoms with E-state index >= 15 is 0 Å². The standard InChI is InChI=1S/C24H39N3O4/c1-26(20-10-18-12-21(28)13-19(18)11-20)14-17-3-4-23(24(9-17)30-2)31-16-22(29)15-27-7-5-25-6-8-27/h3-4,9,18-22,25,28-29H,5-8,10-16H2,1-2H3/t18-,19+,20?,21?,22?. The molecule has 3 aliphatic rings. The van der Waals surface area contributed by atoms with E-state index in [9.17, 15) is 10.2 Å². The Morgan fingerprint density at radius 3 is 2.52 bits per heavy atom. The molecule has 1 heterocycles. The molecule has 7 heteroatoms. The Labute approximate surface area is 186 Å². The van der Waals surface area contributed by atoms with Crippen LogP contribution in [0.4, 0.5) is 0 Å². The SMILES string of the molecule is COc1cc(CN(C)C2C[C@H]3CC(O)C[C@H]3C2)ccc1OCC(O)CN1CCNCC1. The summed E-state index contributed by atoms with van der Waals surface area (Å²) in [6.45, 7) is 5.64. The minimum Gasteiger partial charge on any atom is -0.493 e. The summed E-state index contributed by atoms with van der Waals surface area (Å²) in [6, 6.07) is 6.69. The maximum Gasteiger partial charge on any atom is 0.161 e. The molecule has 1 aromatic carbocycles. The lowest BCUT2D eigenvalue weighted by atomic mass is 10.0. The molecule has 2 aliphatic carbocycles. The number of fused-ring (bicyclic) bond motifs is 1. The van der Waals surface area contributed by atoms with Crippen molar-refractivity contribution in [3.63, 3.8) is 0 Å². The van der Waals surface area contributed by atoms with Gasteiger partial charge >= 0.3 is 0 Å². The van der Waals surface area contributed by atoms with Crippen molar-refractivity contribution >= 4 is 0 Å².